The molecule has 0 spiro atoms. The number of rotatable bonds is 13. The van der Waals surface area contributed by atoms with E-state index in [2.05, 4.69) is 0 Å². The van der Waals surface area contributed by atoms with E-state index in [1.807, 2.05) is 0 Å². The van der Waals surface area contributed by atoms with Crippen molar-refractivity contribution >= 4 is 16.0 Å². The van der Waals surface area contributed by atoms with Crippen LogP contribution in [0.25, 0.3) is 0 Å². The molecule has 0 aliphatic carbocycles. The van der Waals surface area contributed by atoms with Crippen LogP contribution in [0.4, 0.5) is 83.4 Å². The molecule has 5 nitrogen and oxygen atoms in total. The van der Waals surface area contributed by atoms with Gasteiger partial charge < -0.3 is 4.90 Å². The summed E-state index contributed by atoms with van der Waals surface area (Å²) in [5.41, 5.74) is 0. The van der Waals surface area contributed by atoms with Gasteiger partial charge in [0.15, 0.2) is 0 Å². The number of hydrogen-bond acceptors (Lipinski definition) is 3. The van der Waals surface area contributed by atoms with Gasteiger partial charge in [0.2, 0.25) is 0 Å². The lowest BCUT2D eigenvalue weighted by atomic mass is 9.87. The van der Waals surface area contributed by atoms with Crippen molar-refractivity contribution < 1.29 is 101 Å². The number of amides is 1. The van der Waals surface area contributed by atoms with Crippen molar-refractivity contribution in [1.29, 1.82) is 0 Å². The third-order valence-corrected chi connectivity index (χ3v) is 5.69. The van der Waals surface area contributed by atoms with Gasteiger partial charge in [0.1, 0.15) is 0 Å². The van der Waals surface area contributed by atoms with Crippen LogP contribution in [0.1, 0.15) is 13.3 Å². The fraction of sp³-hybridized carbons (Fsp3) is 0.933. The summed E-state index contributed by atoms with van der Waals surface area (Å²) in [5.74, 6) is -74.1. The van der Waals surface area contributed by atoms with Gasteiger partial charge in [-0.3, -0.25) is 9.35 Å². The number of hydrogen-bond donors (Lipinski definition) is 1. The van der Waals surface area contributed by atoms with Crippen LogP contribution in [0.5, 0.6) is 0 Å². The summed E-state index contributed by atoms with van der Waals surface area (Å²) >= 11 is 0. The van der Waals surface area contributed by atoms with E-state index in [-0.39, 0.29) is 0 Å². The second-order valence-corrected chi connectivity index (χ2v) is 9.19. The van der Waals surface area contributed by atoms with Crippen LogP contribution in [-0.4, -0.2) is 96.2 Å². The molecular formula is C15H12F19NO4S. The number of alkyl halides is 19. The third kappa shape index (κ3) is 5.58. The Bertz CT molecular complexity index is 1040. The summed E-state index contributed by atoms with van der Waals surface area (Å²) in [6.07, 6.45) is -9.16. The number of nitrogens with zero attached hydrogens (tertiary/aromatic N) is 1. The van der Waals surface area contributed by atoms with E-state index in [1.165, 1.54) is 0 Å². The lowest BCUT2D eigenvalue weighted by Gasteiger charge is -2.43. The van der Waals surface area contributed by atoms with Gasteiger partial charge in [0.25, 0.3) is 16.0 Å². The summed E-state index contributed by atoms with van der Waals surface area (Å²) in [4.78, 5) is 10.9. The minimum Gasteiger partial charge on any atom is -0.338 e. The molecule has 1 amide bonds. The van der Waals surface area contributed by atoms with Crippen LogP contribution in [0.2, 0.25) is 0 Å². The van der Waals surface area contributed by atoms with Gasteiger partial charge >= 0.3 is 53.6 Å². The first-order chi connectivity index (χ1) is 17.1. The molecular weight excluding hydrogens is 651 g/mol. The average molecular weight is 663 g/mol. The van der Waals surface area contributed by atoms with Crippen LogP contribution in [0, 0.1) is 0 Å². The maximum Gasteiger partial charge on any atom is 0.460 e. The summed E-state index contributed by atoms with van der Waals surface area (Å²) in [6.45, 7) is -2.27. The Hall–Kier alpha value is -1.95. The largest absolute Gasteiger partial charge is 0.460 e. The van der Waals surface area contributed by atoms with Gasteiger partial charge in [-0.25, -0.2) is 0 Å². The SMILES string of the molecule is CCN(CCCS(=O)(=O)O)C(=O)C(F)(F)C(F)(F)C(F)(F)C(F)(F)C(F)(F)C(F)(F)C(F)(F)C(F)(F)C(F)(F)F. The standard InChI is InChI=1S/C15H12F19NO4S/c1-2-35(4-3-5-40(37,38)39)6(36)7(16,17)8(18,19)9(20,21)10(22,23)11(24,25)12(26,27)13(28,29)14(30,31)15(32,33)34/h2-5H2,1H3,(H,37,38,39). The second-order valence-electron chi connectivity index (χ2n) is 7.62. The molecule has 0 radical (unpaired) electrons. The maximum atomic E-state index is 14.0. The van der Waals surface area contributed by atoms with Crippen LogP contribution in [0.15, 0.2) is 0 Å². The molecule has 0 unspecified atom stereocenters. The van der Waals surface area contributed by atoms with Gasteiger partial charge in [-0.15, -0.1) is 0 Å². The highest BCUT2D eigenvalue weighted by atomic mass is 32.2. The van der Waals surface area contributed by atoms with Crippen molar-refractivity contribution in [2.75, 3.05) is 18.8 Å². The zero-order chi connectivity index (χ0) is 33.0. The van der Waals surface area contributed by atoms with Gasteiger partial charge in [-0.2, -0.15) is 91.8 Å². The van der Waals surface area contributed by atoms with E-state index >= 15 is 0 Å². The van der Waals surface area contributed by atoms with Crippen LogP contribution in [0.3, 0.4) is 0 Å². The highest BCUT2D eigenvalue weighted by molar-refractivity contribution is 7.85. The molecule has 0 aromatic heterocycles. The zero-order valence-corrected chi connectivity index (χ0v) is 19.4. The minimum atomic E-state index is -9.11. The molecule has 1 N–H and O–H groups in total. The average Bonchev–Trinajstić information content (AvgIpc) is 2.73. The van der Waals surface area contributed by atoms with Gasteiger partial charge in [-0.1, -0.05) is 0 Å². The first kappa shape index (κ1) is 38.0. The van der Waals surface area contributed by atoms with Crippen LogP contribution in [-0.2, 0) is 14.9 Å². The number of halogens is 19. The highest BCUT2D eigenvalue weighted by Gasteiger charge is 2.97. The Kier molecular flexibility index (Phi) is 9.89. The summed E-state index contributed by atoms with van der Waals surface area (Å²) < 4.78 is 282. The zero-order valence-electron chi connectivity index (χ0n) is 18.5. The summed E-state index contributed by atoms with van der Waals surface area (Å²) in [5, 5.41) is 0. The second kappa shape index (κ2) is 10.4. The Labute approximate surface area is 209 Å². The Morgan fingerprint density at radius 2 is 0.900 bits per heavy atom. The van der Waals surface area contributed by atoms with Gasteiger partial charge in [-0.05, 0) is 13.3 Å². The molecule has 0 fully saturated rings. The molecule has 0 aliphatic heterocycles. The Morgan fingerprint density at radius 3 is 1.18 bits per heavy atom. The van der Waals surface area contributed by atoms with Crippen molar-refractivity contribution in [1.82, 2.24) is 4.90 Å². The monoisotopic (exact) mass is 663 g/mol. The van der Waals surface area contributed by atoms with Crippen LogP contribution >= 0.6 is 0 Å². The predicted octanol–water partition coefficient (Wildman–Crippen LogP) is 5.76. The van der Waals surface area contributed by atoms with Crippen molar-refractivity contribution in [2.24, 2.45) is 0 Å². The first-order valence-electron chi connectivity index (χ1n) is 9.41. The molecule has 0 aromatic carbocycles. The Balaban J connectivity index is 6.82. The van der Waals surface area contributed by atoms with Gasteiger partial charge in [0.05, 0.1) is 5.75 Å². The normalized spacial score (nSPS) is 15.8. The molecule has 240 valence electrons. The van der Waals surface area contributed by atoms with E-state index < -0.39 is 99.7 Å². The van der Waals surface area contributed by atoms with Crippen molar-refractivity contribution in [3.05, 3.63) is 0 Å². The molecule has 25 heteroatoms. The van der Waals surface area contributed by atoms with Crippen molar-refractivity contribution in [3.63, 3.8) is 0 Å². The summed E-state index contributed by atoms with van der Waals surface area (Å²) in [7, 11) is -4.95. The molecule has 0 saturated heterocycles. The van der Waals surface area contributed by atoms with E-state index in [4.69, 9.17) is 4.55 Å². The van der Waals surface area contributed by atoms with Gasteiger partial charge in [0, 0.05) is 13.1 Å². The topological polar surface area (TPSA) is 74.7 Å². The number of carbonyl (C=O) groups excluding carboxylic acids is 1. The van der Waals surface area contributed by atoms with E-state index in [0.29, 0.717) is 6.92 Å². The Morgan fingerprint density at radius 1 is 0.600 bits per heavy atom. The first-order valence-corrected chi connectivity index (χ1v) is 11.0. The molecule has 0 bridgehead atoms. The molecule has 0 heterocycles. The molecule has 0 aliphatic rings. The van der Waals surface area contributed by atoms with E-state index in [1.54, 1.807) is 0 Å². The predicted molar refractivity (Wildman–Crippen MR) is 88.9 cm³/mol. The fourth-order valence-corrected chi connectivity index (χ4v) is 3.03. The molecule has 0 atom stereocenters. The molecule has 40 heavy (non-hydrogen) atoms. The lowest BCUT2D eigenvalue weighted by molar-refractivity contribution is -0.467. The molecule has 0 aromatic rings. The fourth-order valence-electron chi connectivity index (χ4n) is 2.53. The smallest absolute Gasteiger partial charge is 0.338 e. The number of carbonyl (C=O) groups is 1. The quantitative estimate of drug-likeness (QED) is 0.201. The highest BCUT2D eigenvalue weighted by Crippen LogP contribution is 2.65. The molecule has 0 rings (SSSR count). The lowest BCUT2D eigenvalue weighted by Crippen LogP contribution is -2.76. The van der Waals surface area contributed by atoms with Crippen LogP contribution < -0.4 is 0 Å². The summed E-state index contributed by atoms with van der Waals surface area (Å²) in [6, 6.07) is 0. The minimum absolute atomic E-state index is 0.546. The van der Waals surface area contributed by atoms with Crippen molar-refractivity contribution in [3.8, 4) is 0 Å². The molecule has 0 saturated carbocycles. The van der Waals surface area contributed by atoms with E-state index in [9.17, 15) is 96.6 Å². The van der Waals surface area contributed by atoms with E-state index in [0.717, 1.165) is 0 Å². The van der Waals surface area contributed by atoms with Crippen molar-refractivity contribution in [2.45, 2.75) is 66.9 Å². The maximum absolute atomic E-state index is 14.0. The third-order valence-electron chi connectivity index (χ3n) is 4.88.